The van der Waals surface area contributed by atoms with Gasteiger partial charge < -0.3 is 27.4 Å². The molecule has 0 saturated carbocycles. The van der Waals surface area contributed by atoms with Gasteiger partial charge in [0.05, 0.1) is 12.2 Å². The molecule has 0 bridgehead atoms. The molecule has 0 aliphatic rings. The molecule has 0 saturated heterocycles. The fourth-order valence-electron chi connectivity index (χ4n) is 1.43. The Morgan fingerprint density at radius 1 is 1.30 bits per heavy atom. The highest BCUT2D eigenvalue weighted by Crippen LogP contribution is 2.17. The number of carbonyl (C=O) groups excluding carboxylic acids is 1. The Balaban J connectivity index is 2.81. The molecule has 0 atom stereocenters. The molecular formula is C12H19N7O. The number of nitrogens with one attached hydrogen (secondary N) is 1. The van der Waals surface area contributed by atoms with Gasteiger partial charge in [0, 0.05) is 5.69 Å². The van der Waals surface area contributed by atoms with Gasteiger partial charge in [0.25, 0.3) is 0 Å². The second-order valence-corrected chi connectivity index (χ2v) is 4.34. The molecule has 0 aliphatic carbocycles. The Hall–Kier alpha value is -2.61. The van der Waals surface area contributed by atoms with Crippen molar-refractivity contribution in [1.82, 2.24) is 4.90 Å². The minimum absolute atomic E-state index is 0.0539. The monoisotopic (exact) mass is 277 g/mol. The van der Waals surface area contributed by atoms with Crippen LogP contribution in [0.5, 0.6) is 0 Å². The summed E-state index contributed by atoms with van der Waals surface area (Å²) in [7, 11) is 3.63. The summed E-state index contributed by atoms with van der Waals surface area (Å²) in [5.41, 5.74) is 17.1. The number of amides is 1. The summed E-state index contributed by atoms with van der Waals surface area (Å²) in [5, 5.41) is 2.75. The number of rotatable bonds is 4. The van der Waals surface area contributed by atoms with Crippen LogP contribution in [0.25, 0.3) is 0 Å². The van der Waals surface area contributed by atoms with Crippen LogP contribution in [-0.4, -0.2) is 43.4 Å². The van der Waals surface area contributed by atoms with Crippen LogP contribution in [-0.2, 0) is 4.79 Å². The molecule has 0 aliphatic heterocycles. The number of nitrogens with two attached hydrogens (primary N) is 3. The van der Waals surface area contributed by atoms with Crippen LogP contribution >= 0.6 is 0 Å². The molecule has 108 valence electrons. The van der Waals surface area contributed by atoms with E-state index in [-0.39, 0.29) is 17.8 Å². The zero-order valence-corrected chi connectivity index (χ0v) is 11.5. The highest BCUT2D eigenvalue weighted by atomic mass is 16.2. The fraction of sp³-hybridized carbons (Fsp3) is 0.250. The van der Waals surface area contributed by atoms with Crippen molar-refractivity contribution in [3.8, 4) is 0 Å². The van der Waals surface area contributed by atoms with Gasteiger partial charge in [-0.2, -0.15) is 4.99 Å². The average Bonchev–Trinajstić information content (AvgIpc) is 2.26. The number of aliphatic imine (C=N–C) groups is 2. The first-order chi connectivity index (χ1) is 9.36. The summed E-state index contributed by atoms with van der Waals surface area (Å²) in [5.74, 6) is -0.336. The average molecular weight is 277 g/mol. The first-order valence-corrected chi connectivity index (χ1v) is 5.85. The van der Waals surface area contributed by atoms with Gasteiger partial charge in [0.15, 0.2) is 5.96 Å². The van der Waals surface area contributed by atoms with Gasteiger partial charge >= 0.3 is 0 Å². The summed E-state index contributed by atoms with van der Waals surface area (Å²) in [4.78, 5) is 21.0. The molecule has 0 unspecified atom stereocenters. The van der Waals surface area contributed by atoms with Gasteiger partial charge in [-0.1, -0.05) is 6.07 Å². The molecule has 0 fully saturated rings. The molecule has 0 spiro atoms. The van der Waals surface area contributed by atoms with Crippen LogP contribution in [0.2, 0.25) is 0 Å². The topological polar surface area (TPSA) is 135 Å². The minimum atomic E-state index is -0.165. The molecule has 1 amide bonds. The van der Waals surface area contributed by atoms with Crippen molar-refractivity contribution < 1.29 is 4.79 Å². The Morgan fingerprint density at radius 3 is 2.60 bits per heavy atom. The number of hydrogen-bond donors (Lipinski definition) is 4. The number of benzene rings is 1. The lowest BCUT2D eigenvalue weighted by Gasteiger charge is -2.10. The Labute approximate surface area is 117 Å². The van der Waals surface area contributed by atoms with Crippen LogP contribution < -0.4 is 22.5 Å². The lowest BCUT2D eigenvalue weighted by atomic mass is 10.3. The number of likely N-dealkylation sites (N-methyl/N-ethyl adjacent to an activating group) is 1. The minimum Gasteiger partial charge on any atom is -0.370 e. The van der Waals surface area contributed by atoms with E-state index in [0.717, 1.165) is 0 Å². The van der Waals surface area contributed by atoms with Gasteiger partial charge in [-0.3, -0.25) is 4.79 Å². The van der Waals surface area contributed by atoms with Crippen molar-refractivity contribution >= 4 is 29.2 Å². The molecule has 1 aromatic carbocycles. The molecule has 1 aromatic rings. The largest absolute Gasteiger partial charge is 0.370 e. The third-order valence-electron chi connectivity index (χ3n) is 2.08. The van der Waals surface area contributed by atoms with Crippen molar-refractivity contribution in [3.63, 3.8) is 0 Å². The van der Waals surface area contributed by atoms with E-state index < -0.39 is 0 Å². The zero-order chi connectivity index (χ0) is 15.1. The standard InChI is InChI=1S/C12H19N7O/c1-19(2)7-10(20)16-8-4-3-5-9(6-8)17-12(15)18-11(13)14/h3-6H,7H2,1-2H3,(H,16,20)(H6,13,14,15,17,18). The number of nitrogens with zero attached hydrogens (tertiary/aromatic N) is 3. The first-order valence-electron chi connectivity index (χ1n) is 5.85. The molecule has 7 N–H and O–H groups in total. The predicted octanol–water partition coefficient (Wildman–Crippen LogP) is -0.594. The van der Waals surface area contributed by atoms with Crippen LogP contribution in [0.4, 0.5) is 11.4 Å². The number of guanidine groups is 2. The maximum atomic E-state index is 11.6. The molecule has 8 heteroatoms. The zero-order valence-electron chi connectivity index (χ0n) is 11.5. The maximum absolute atomic E-state index is 11.6. The number of anilines is 1. The molecular weight excluding hydrogens is 258 g/mol. The highest BCUT2D eigenvalue weighted by Gasteiger charge is 2.04. The normalized spacial score (nSPS) is 11.2. The van der Waals surface area contributed by atoms with Gasteiger partial charge in [0.2, 0.25) is 11.9 Å². The van der Waals surface area contributed by atoms with E-state index in [9.17, 15) is 4.79 Å². The van der Waals surface area contributed by atoms with Gasteiger partial charge in [-0.05, 0) is 32.3 Å². The summed E-state index contributed by atoms with van der Waals surface area (Å²) in [6.07, 6.45) is 0. The molecule has 0 aromatic heterocycles. The summed E-state index contributed by atoms with van der Waals surface area (Å²) >= 11 is 0. The van der Waals surface area contributed by atoms with Crippen molar-refractivity contribution in [2.75, 3.05) is 26.0 Å². The van der Waals surface area contributed by atoms with E-state index >= 15 is 0 Å². The van der Waals surface area contributed by atoms with Crippen LogP contribution in [0.15, 0.2) is 34.3 Å². The Bertz CT molecular complexity index is 532. The third-order valence-corrected chi connectivity index (χ3v) is 2.08. The van der Waals surface area contributed by atoms with E-state index in [2.05, 4.69) is 15.3 Å². The van der Waals surface area contributed by atoms with E-state index in [0.29, 0.717) is 17.9 Å². The molecule has 20 heavy (non-hydrogen) atoms. The van der Waals surface area contributed by atoms with E-state index in [1.807, 2.05) is 14.1 Å². The third kappa shape index (κ3) is 5.83. The van der Waals surface area contributed by atoms with Crippen molar-refractivity contribution in [2.45, 2.75) is 0 Å². The maximum Gasteiger partial charge on any atom is 0.238 e. The summed E-state index contributed by atoms with van der Waals surface area (Å²) in [6.45, 7) is 0.295. The van der Waals surface area contributed by atoms with Crippen molar-refractivity contribution in [1.29, 1.82) is 0 Å². The van der Waals surface area contributed by atoms with Crippen LogP contribution in [0.3, 0.4) is 0 Å². The lowest BCUT2D eigenvalue weighted by Crippen LogP contribution is -2.27. The number of hydrogen-bond acceptors (Lipinski definition) is 3. The molecule has 8 nitrogen and oxygen atoms in total. The summed E-state index contributed by atoms with van der Waals surface area (Å²) < 4.78 is 0. The van der Waals surface area contributed by atoms with E-state index in [1.54, 1.807) is 29.2 Å². The molecule has 0 heterocycles. The van der Waals surface area contributed by atoms with Crippen molar-refractivity contribution in [2.24, 2.45) is 27.2 Å². The Morgan fingerprint density at radius 2 is 2.00 bits per heavy atom. The smallest absolute Gasteiger partial charge is 0.238 e. The fourth-order valence-corrected chi connectivity index (χ4v) is 1.43. The molecule has 1 rings (SSSR count). The molecule has 0 radical (unpaired) electrons. The van der Waals surface area contributed by atoms with E-state index in [4.69, 9.17) is 17.2 Å². The van der Waals surface area contributed by atoms with Gasteiger partial charge in [0.1, 0.15) is 0 Å². The van der Waals surface area contributed by atoms with Gasteiger partial charge in [-0.25, -0.2) is 4.99 Å². The van der Waals surface area contributed by atoms with Crippen LogP contribution in [0.1, 0.15) is 0 Å². The summed E-state index contributed by atoms with van der Waals surface area (Å²) in [6, 6.07) is 6.88. The second kappa shape index (κ2) is 7.10. The second-order valence-electron chi connectivity index (χ2n) is 4.34. The lowest BCUT2D eigenvalue weighted by molar-refractivity contribution is -0.116. The highest BCUT2D eigenvalue weighted by molar-refractivity contribution is 5.94. The van der Waals surface area contributed by atoms with Gasteiger partial charge in [-0.15, -0.1) is 0 Å². The quantitative estimate of drug-likeness (QED) is 0.431. The Kier molecular flexibility index (Phi) is 5.48. The van der Waals surface area contributed by atoms with E-state index in [1.165, 1.54) is 0 Å². The number of carbonyl (C=O) groups is 1. The predicted molar refractivity (Wildman–Crippen MR) is 80.7 cm³/mol. The SMILES string of the molecule is CN(C)CC(=O)Nc1cccc(N=C(N)N=C(N)N)c1. The van der Waals surface area contributed by atoms with Crippen molar-refractivity contribution in [3.05, 3.63) is 24.3 Å². The van der Waals surface area contributed by atoms with Crippen LogP contribution in [0, 0.1) is 0 Å². The first kappa shape index (κ1) is 15.4.